The van der Waals surface area contributed by atoms with Gasteiger partial charge in [0.05, 0.1) is 5.56 Å². The summed E-state index contributed by atoms with van der Waals surface area (Å²) in [4.78, 5) is 23.3. The van der Waals surface area contributed by atoms with Crippen LogP contribution in [0.4, 0.5) is 18.9 Å². The standard InChI is InChI=1S/C16H22F3N3O2/c1-10(2)21-14(23)4-3-5-15(24)22-13-7-11(9-20)6-12(8-13)16(17,18)19/h6-8,10H,3-5,9,20H2,1-2H3,(H,21,23)(H,22,24). The van der Waals surface area contributed by atoms with Gasteiger partial charge in [-0.25, -0.2) is 0 Å². The van der Waals surface area contributed by atoms with Crippen LogP contribution in [-0.2, 0) is 22.3 Å². The van der Waals surface area contributed by atoms with Gasteiger partial charge in [0.25, 0.3) is 0 Å². The van der Waals surface area contributed by atoms with Crippen LogP contribution in [0.15, 0.2) is 18.2 Å². The number of halogens is 3. The maximum Gasteiger partial charge on any atom is 0.416 e. The third-order valence-corrected chi connectivity index (χ3v) is 3.10. The van der Waals surface area contributed by atoms with Crippen LogP contribution >= 0.6 is 0 Å². The first-order chi connectivity index (χ1) is 11.1. The van der Waals surface area contributed by atoms with Crippen molar-refractivity contribution < 1.29 is 22.8 Å². The van der Waals surface area contributed by atoms with Crippen LogP contribution in [0.2, 0.25) is 0 Å². The predicted molar refractivity (Wildman–Crippen MR) is 85.1 cm³/mol. The molecule has 0 atom stereocenters. The van der Waals surface area contributed by atoms with Crippen molar-refractivity contribution >= 4 is 17.5 Å². The first kappa shape index (κ1) is 20.0. The molecule has 0 aliphatic carbocycles. The lowest BCUT2D eigenvalue weighted by atomic mass is 10.1. The van der Waals surface area contributed by atoms with Crippen molar-refractivity contribution in [1.82, 2.24) is 5.32 Å². The number of nitrogens with two attached hydrogens (primary N) is 1. The Morgan fingerprint density at radius 1 is 1.12 bits per heavy atom. The summed E-state index contributed by atoms with van der Waals surface area (Å²) in [5, 5.41) is 5.11. The molecule has 0 saturated carbocycles. The number of carbonyl (C=O) groups is 2. The maximum absolute atomic E-state index is 12.8. The number of hydrogen-bond acceptors (Lipinski definition) is 3. The Labute approximate surface area is 138 Å². The molecule has 0 radical (unpaired) electrons. The molecule has 0 unspecified atom stereocenters. The van der Waals surface area contributed by atoms with Gasteiger partial charge in [0.1, 0.15) is 0 Å². The molecule has 5 nitrogen and oxygen atoms in total. The molecular formula is C16H22F3N3O2. The first-order valence-electron chi connectivity index (χ1n) is 7.62. The highest BCUT2D eigenvalue weighted by Crippen LogP contribution is 2.32. The number of alkyl halides is 3. The third kappa shape index (κ3) is 6.99. The first-order valence-corrected chi connectivity index (χ1v) is 7.62. The molecule has 2 amide bonds. The monoisotopic (exact) mass is 345 g/mol. The summed E-state index contributed by atoms with van der Waals surface area (Å²) < 4.78 is 38.5. The molecule has 0 spiro atoms. The van der Waals surface area contributed by atoms with Crippen molar-refractivity contribution in [3.8, 4) is 0 Å². The second kappa shape index (κ2) is 8.68. The highest BCUT2D eigenvalue weighted by Gasteiger charge is 2.31. The van der Waals surface area contributed by atoms with Crippen molar-refractivity contribution in [3.63, 3.8) is 0 Å². The Kier molecular flexibility index (Phi) is 7.21. The van der Waals surface area contributed by atoms with E-state index in [1.807, 2.05) is 13.8 Å². The molecule has 1 aromatic rings. The SMILES string of the molecule is CC(C)NC(=O)CCCC(=O)Nc1cc(CN)cc(C(F)(F)F)c1. The number of amides is 2. The van der Waals surface area contributed by atoms with E-state index in [1.165, 1.54) is 6.07 Å². The van der Waals surface area contributed by atoms with Crippen molar-refractivity contribution in [2.75, 3.05) is 5.32 Å². The van der Waals surface area contributed by atoms with Gasteiger partial charge in [-0.2, -0.15) is 13.2 Å². The molecule has 0 aliphatic heterocycles. The van der Waals surface area contributed by atoms with Gasteiger partial charge in [0, 0.05) is 31.1 Å². The zero-order chi connectivity index (χ0) is 18.3. The third-order valence-electron chi connectivity index (χ3n) is 3.10. The molecule has 8 heteroatoms. The minimum absolute atomic E-state index is 0.0196. The Hall–Kier alpha value is -2.09. The van der Waals surface area contributed by atoms with Crippen LogP contribution in [0.3, 0.4) is 0 Å². The molecule has 0 aromatic heterocycles. The maximum atomic E-state index is 12.8. The van der Waals surface area contributed by atoms with E-state index in [-0.39, 0.29) is 42.6 Å². The summed E-state index contributed by atoms with van der Waals surface area (Å²) >= 11 is 0. The summed E-state index contributed by atoms with van der Waals surface area (Å²) in [6.45, 7) is 3.59. The molecular weight excluding hydrogens is 323 g/mol. The smallest absolute Gasteiger partial charge is 0.354 e. The summed E-state index contributed by atoms with van der Waals surface area (Å²) in [5.74, 6) is -0.614. The second-order valence-corrected chi connectivity index (χ2v) is 5.74. The fourth-order valence-electron chi connectivity index (χ4n) is 2.07. The van der Waals surface area contributed by atoms with Gasteiger partial charge in [-0.15, -0.1) is 0 Å². The molecule has 1 rings (SSSR count). The Bertz CT molecular complexity index is 586. The summed E-state index contributed by atoms with van der Waals surface area (Å²) in [6, 6.07) is 3.23. The molecule has 0 heterocycles. The number of rotatable bonds is 7. The summed E-state index contributed by atoms with van der Waals surface area (Å²) in [6.07, 6.45) is -3.98. The minimum Gasteiger partial charge on any atom is -0.354 e. The zero-order valence-corrected chi connectivity index (χ0v) is 13.7. The molecule has 0 bridgehead atoms. The lowest BCUT2D eigenvalue weighted by Gasteiger charge is -2.12. The van der Waals surface area contributed by atoms with Gasteiger partial charge in [-0.05, 0) is 44.0 Å². The Morgan fingerprint density at radius 3 is 2.29 bits per heavy atom. The Balaban J connectivity index is 2.62. The van der Waals surface area contributed by atoms with Gasteiger partial charge in [-0.3, -0.25) is 9.59 Å². The number of benzene rings is 1. The molecule has 24 heavy (non-hydrogen) atoms. The zero-order valence-electron chi connectivity index (χ0n) is 13.7. The quantitative estimate of drug-likeness (QED) is 0.710. The lowest BCUT2D eigenvalue weighted by Crippen LogP contribution is -2.30. The summed E-state index contributed by atoms with van der Waals surface area (Å²) in [5.41, 5.74) is 4.84. The molecule has 0 fully saturated rings. The van der Waals surface area contributed by atoms with Crippen LogP contribution < -0.4 is 16.4 Å². The van der Waals surface area contributed by atoms with Crippen LogP contribution in [0.1, 0.15) is 44.2 Å². The van der Waals surface area contributed by atoms with Gasteiger partial charge in [0.15, 0.2) is 0 Å². The van der Waals surface area contributed by atoms with E-state index in [2.05, 4.69) is 10.6 Å². The average molecular weight is 345 g/mol. The molecule has 4 N–H and O–H groups in total. The number of nitrogens with one attached hydrogen (secondary N) is 2. The van der Waals surface area contributed by atoms with E-state index in [4.69, 9.17) is 5.73 Å². The van der Waals surface area contributed by atoms with E-state index in [9.17, 15) is 22.8 Å². The number of anilines is 1. The fourth-order valence-corrected chi connectivity index (χ4v) is 2.07. The molecule has 0 aliphatic rings. The number of hydrogen-bond donors (Lipinski definition) is 3. The van der Waals surface area contributed by atoms with Crippen LogP contribution in [0.25, 0.3) is 0 Å². The molecule has 1 aromatic carbocycles. The second-order valence-electron chi connectivity index (χ2n) is 5.74. The van der Waals surface area contributed by atoms with E-state index >= 15 is 0 Å². The van der Waals surface area contributed by atoms with Gasteiger partial charge in [0.2, 0.25) is 11.8 Å². The van der Waals surface area contributed by atoms with Crippen molar-refractivity contribution in [2.45, 2.75) is 51.9 Å². The van der Waals surface area contributed by atoms with Gasteiger partial charge >= 0.3 is 6.18 Å². The van der Waals surface area contributed by atoms with E-state index < -0.39 is 17.6 Å². The molecule has 0 saturated heterocycles. The normalized spacial score (nSPS) is 11.5. The topological polar surface area (TPSA) is 84.2 Å². The van der Waals surface area contributed by atoms with Crippen molar-refractivity contribution in [3.05, 3.63) is 29.3 Å². The van der Waals surface area contributed by atoms with Crippen LogP contribution in [0, 0.1) is 0 Å². The van der Waals surface area contributed by atoms with E-state index in [0.717, 1.165) is 12.1 Å². The molecule has 134 valence electrons. The minimum atomic E-state index is -4.51. The summed E-state index contributed by atoms with van der Waals surface area (Å²) in [7, 11) is 0. The van der Waals surface area contributed by atoms with E-state index in [0.29, 0.717) is 6.42 Å². The highest BCUT2D eigenvalue weighted by atomic mass is 19.4. The van der Waals surface area contributed by atoms with E-state index in [1.54, 1.807) is 0 Å². The van der Waals surface area contributed by atoms with Crippen LogP contribution in [-0.4, -0.2) is 17.9 Å². The lowest BCUT2D eigenvalue weighted by molar-refractivity contribution is -0.137. The largest absolute Gasteiger partial charge is 0.416 e. The fraction of sp³-hybridized carbons (Fsp3) is 0.500. The Morgan fingerprint density at radius 2 is 1.75 bits per heavy atom. The predicted octanol–water partition coefficient (Wildman–Crippen LogP) is 2.80. The van der Waals surface area contributed by atoms with Gasteiger partial charge in [-0.1, -0.05) is 0 Å². The van der Waals surface area contributed by atoms with Crippen molar-refractivity contribution in [2.24, 2.45) is 5.73 Å². The van der Waals surface area contributed by atoms with Crippen LogP contribution in [0.5, 0.6) is 0 Å². The number of carbonyl (C=O) groups excluding carboxylic acids is 2. The van der Waals surface area contributed by atoms with Crippen molar-refractivity contribution in [1.29, 1.82) is 0 Å². The highest BCUT2D eigenvalue weighted by molar-refractivity contribution is 5.91. The average Bonchev–Trinajstić information content (AvgIpc) is 2.45. The van der Waals surface area contributed by atoms with Gasteiger partial charge < -0.3 is 16.4 Å².